The molecule has 3 rings (SSSR count). The van der Waals surface area contributed by atoms with E-state index in [4.69, 9.17) is 0 Å². The molecule has 3 nitrogen and oxygen atoms in total. The first-order chi connectivity index (χ1) is 9.20. The van der Waals surface area contributed by atoms with Crippen molar-refractivity contribution in [1.82, 2.24) is 10.2 Å². The molecule has 0 radical (unpaired) electrons. The maximum atomic E-state index is 12.4. The van der Waals surface area contributed by atoms with E-state index < -0.39 is 0 Å². The lowest BCUT2D eigenvalue weighted by Crippen LogP contribution is -2.45. The predicted molar refractivity (Wildman–Crippen MR) is 76.9 cm³/mol. The first-order valence-electron chi connectivity index (χ1n) is 7.89. The average molecular weight is 262 g/mol. The Kier molecular flexibility index (Phi) is 3.66. The molecular weight excluding hydrogens is 236 g/mol. The summed E-state index contributed by atoms with van der Waals surface area (Å²) in [7, 11) is 0. The Bertz CT molecular complexity index is 378. The van der Waals surface area contributed by atoms with Crippen molar-refractivity contribution in [3.05, 3.63) is 11.1 Å². The van der Waals surface area contributed by atoms with E-state index in [9.17, 15) is 4.79 Å². The van der Waals surface area contributed by atoms with Gasteiger partial charge in [0.05, 0.1) is 0 Å². The van der Waals surface area contributed by atoms with Gasteiger partial charge in [-0.1, -0.05) is 19.3 Å². The summed E-state index contributed by atoms with van der Waals surface area (Å²) in [5.74, 6) is 0.294. The van der Waals surface area contributed by atoms with Gasteiger partial charge in [0.1, 0.15) is 0 Å². The van der Waals surface area contributed by atoms with Gasteiger partial charge >= 0.3 is 0 Å². The summed E-state index contributed by atoms with van der Waals surface area (Å²) in [6, 6.07) is 0. The number of hydrogen-bond donors (Lipinski definition) is 1. The molecule has 3 aliphatic rings. The summed E-state index contributed by atoms with van der Waals surface area (Å²) in [5, 5.41) is 3.22. The monoisotopic (exact) mass is 262 g/mol. The highest BCUT2D eigenvalue weighted by Crippen LogP contribution is 2.44. The number of nitrogens with one attached hydrogen (secondary N) is 1. The van der Waals surface area contributed by atoms with Crippen LogP contribution in [0.4, 0.5) is 0 Å². The fraction of sp³-hybridized carbons (Fsp3) is 0.812. The van der Waals surface area contributed by atoms with Gasteiger partial charge in [-0.3, -0.25) is 4.79 Å². The van der Waals surface area contributed by atoms with Crippen molar-refractivity contribution in [2.75, 3.05) is 26.2 Å². The SMILES string of the molecule is CC(C(=O)N1CCC2(CCCCC2)CC1)=C1CNC1. The molecule has 2 aliphatic heterocycles. The summed E-state index contributed by atoms with van der Waals surface area (Å²) < 4.78 is 0. The van der Waals surface area contributed by atoms with Crippen molar-refractivity contribution >= 4 is 5.91 Å². The molecule has 3 fully saturated rings. The molecule has 0 aromatic heterocycles. The molecule has 2 saturated heterocycles. The Balaban J connectivity index is 1.59. The van der Waals surface area contributed by atoms with Crippen LogP contribution in [0.1, 0.15) is 51.9 Å². The standard InChI is InChI=1S/C16H26N2O/c1-13(14-11-17-12-14)15(19)18-9-7-16(8-10-18)5-3-2-4-6-16/h17H,2-12H2,1H3. The number of carbonyl (C=O) groups excluding carboxylic acids is 1. The third kappa shape index (κ3) is 2.58. The van der Waals surface area contributed by atoms with Crippen LogP contribution in [-0.2, 0) is 4.79 Å². The second-order valence-corrected chi connectivity index (χ2v) is 6.68. The number of amides is 1. The summed E-state index contributed by atoms with van der Waals surface area (Å²) >= 11 is 0. The van der Waals surface area contributed by atoms with Crippen molar-refractivity contribution in [1.29, 1.82) is 0 Å². The van der Waals surface area contributed by atoms with Crippen LogP contribution < -0.4 is 5.32 Å². The zero-order chi connectivity index (χ0) is 13.3. The number of piperidine rings is 1. The number of rotatable bonds is 1. The Morgan fingerprint density at radius 3 is 2.21 bits per heavy atom. The minimum atomic E-state index is 0.294. The zero-order valence-corrected chi connectivity index (χ0v) is 12.1. The topological polar surface area (TPSA) is 32.3 Å². The number of hydrogen-bond acceptors (Lipinski definition) is 2. The summed E-state index contributed by atoms with van der Waals surface area (Å²) in [6.45, 7) is 5.79. The number of nitrogens with zero attached hydrogens (tertiary/aromatic N) is 1. The third-order valence-electron chi connectivity index (χ3n) is 5.55. The molecule has 0 unspecified atom stereocenters. The van der Waals surface area contributed by atoms with E-state index in [1.165, 1.54) is 50.5 Å². The van der Waals surface area contributed by atoms with Gasteiger partial charge < -0.3 is 10.2 Å². The normalized spacial score (nSPS) is 26.2. The van der Waals surface area contributed by atoms with Crippen LogP contribution in [0.2, 0.25) is 0 Å². The van der Waals surface area contributed by atoms with Crippen LogP contribution in [0.15, 0.2) is 11.1 Å². The Morgan fingerprint density at radius 2 is 1.68 bits per heavy atom. The van der Waals surface area contributed by atoms with Crippen LogP contribution in [0.25, 0.3) is 0 Å². The molecular formula is C16H26N2O. The second-order valence-electron chi connectivity index (χ2n) is 6.68. The lowest BCUT2D eigenvalue weighted by atomic mass is 9.68. The second kappa shape index (κ2) is 5.28. The third-order valence-corrected chi connectivity index (χ3v) is 5.55. The van der Waals surface area contributed by atoms with Gasteiger partial charge in [0, 0.05) is 31.8 Å². The van der Waals surface area contributed by atoms with Crippen LogP contribution in [-0.4, -0.2) is 37.0 Å². The Labute approximate surface area is 116 Å². The van der Waals surface area contributed by atoms with Gasteiger partial charge in [0.2, 0.25) is 5.91 Å². The lowest BCUT2D eigenvalue weighted by Gasteiger charge is -2.44. The van der Waals surface area contributed by atoms with E-state index in [1.807, 2.05) is 6.92 Å². The smallest absolute Gasteiger partial charge is 0.249 e. The maximum Gasteiger partial charge on any atom is 0.249 e. The average Bonchev–Trinajstić information content (AvgIpc) is 2.38. The molecule has 2 heterocycles. The molecule has 0 bridgehead atoms. The molecule has 1 saturated carbocycles. The fourth-order valence-corrected chi connectivity index (χ4v) is 3.89. The molecule has 1 aliphatic carbocycles. The first-order valence-corrected chi connectivity index (χ1v) is 7.89. The summed E-state index contributed by atoms with van der Waals surface area (Å²) in [5.41, 5.74) is 2.90. The summed E-state index contributed by atoms with van der Waals surface area (Å²) in [4.78, 5) is 14.5. The molecule has 0 atom stereocenters. The molecule has 0 aromatic carbocycles. The molecule has 19 heavy (non-hydrogen) atoms. The summed E-state index contributed by atoms with van der Waals surface area (Å²) in [6.07, 6.45) is 9.51. The van der Waals surface area contributed by atoms with Crippen molar-refractivity contribution in [3.63, 3.8) is 0 Å². The van der Waals surface area contributed by atoms with Crippen molar-refractivity contribution < 1.29 is 4.79 Å². The van der Waals surface area contributed by atoms with Crippen LogP contribution in [0, 0.1) is 5.41 Å². The Morgan fingerprint density at radius 1 is 1.05 bits per heavy atom. The van der Waals surface area contributed by atoms with Gasteiger partial charge in [-0.05, 0) is 43.6 Å². The predicted octanol–water partition coefficient (Wildman–Crippen LogP) is 2.48. The van der Waals surface area contributed by atoms with E-state index in [1.54, 1.807) is 0 Å². The number of carbonyl (C=O) groups is 1. The van der Waals surface area contributed by atoms with E-state index in [0.29, 0.717) is 11.3 Å². The van der Waals surface area contributed by atoms with Gasteiger partial charge in [-0.2, -0.15) is 0 Å². The van der Waals surface area contributed by atoms with E-state index in [2.05, 4.69) is 10.2 Å². The van der Waals surface area contributed by atoms with Gasteiger partial charge in [0.25, 0.3) is 0 Å². The molecule has 106 valence electrons. The minimum Gasteiger partial charge on any atom is -0.339 e. The van der Waals surface area contributed by atoms with Crippen LogP contribution in [0.5, 0.6) is 0 Å². The van der Waals surface area contributed by atoms with Crippen LogP contribution in [0.3, 0.4) is 0 Å². The molecule has 1 amide bonds. The van der Waals surface area contributed by atoms with E-state index in [-0.39, 0.29) is 0 Å². The molecule has 0 aromatic rings. The van der Waals surface area contributed by atoms with Crippen molar-refractivity contribution in [3.8, 4) is 0 Å². The van der Waals surface area contributed by atoms with Gasteiger partial charge in [0.15, 0.2) is 0 Å². The fourth-order valence-electron chi connectivity index (χ4n) is 3.89. The van der Waals surface area contributed by atoms with Crippen molar-refractivity contribution in [2.45, 2.75) is 51.9 Å². The quantitative estimate of drug-likeness (QED) is 0.736. The van der Waals surface area contributed by atoms with Gasteiger partial charge in [-0.15, -0.1) is 0 Å². The van der Waals surface area contributed by atoms with E-state index in [0.717, 1.165) is 31.8 Å². The van der Waals surface area contributed by atoms with E-state index >= 15 is 0 Å². The first kappa shape index (κ1) is 13.2. The maximum absolute atomic E-state index is 12.4. The molecule has 3 heteroatoms. The van der Waals surface area contributed by atoms with Gasteiger partial charge in [-0.25, -0.2) is 0 Å². The van der Waals surface area contributed by atoms with Crippen molar-refractivity contribution in [2.24, 2.45) is 5.41 Å². The van der Waals surface area contributed by atoms with Crippen LogP contribution >= 0.6 is 0 Å². The Hall–Kier alpha value is -0.830. The highest BCUT2D eigenvalue weighted by atomic mass is 16.2. The molecule has 1 N–H and O–H groups in total. The lowest BCUT2D eigenvalue weighted by molar-refractivity contribution is -0.129. The molecule has 1 spiro atoms. The highest BCUT2D eigenvalue weighted by Gasteiger charge is 2.37. The number of likely N-dealkylation sites (tertiary alicyclic amines) is 1. The largest absolute Gasteiger partial charge is 0.339 e. The highest BCUT2D eigenvalue weighted by molar-refractivity contribution is 5.94. The zero-order valence-electron chi connectivity index (χ0n) is 12.1. The minimum absolute atomic E-state index is 0.294.